The zero-order valence-electron chi connectivity index (χ0n) is 18.2. The van der Waals surface area contributed by atoms with Crippen LogP contribution in [-0.2, 0) is 6.42 Å². The molecule has 11 heteroatoms. The lowest BCUT2D eigenvalue weighted by molar-refractivity contribution is 0.186. The van der Waals surface area contributed by atoms with Crippen molar-refractivity contribution in [3.8, 4) is 5.75 Å². The maximum absolute atomic E-state index is 10.3. The number of nitrogen functional groups attached to an aromatic ring is 1. The van der Waals surface area contributed by atoms with Crippen LogP contribution in [0, 0.1) is 5.41 Å². The second kappa shape index (κ2) is 8.00. The van der Waals surface area contributed by atoms with Gasteiger partial charge in [-0.2, -0.15) is 0 Å². The molecule has 1 aromatic carbocycles. The molecule has 1 atom stereocenters. The van der Waals surface area contributed by atoms with Gasteiger partial charge in [-0.3, -0.25) is 0 Å². The molecule has 1 spiro atoms. The van der Waals surface area contributed by atoms with Gasteiger partial charge in [-0.1, -0.05) is 35.5 Å². The molecule has 0 amide bonds. The molecule has 1 unspecified atom stereocenters. The van der Waals surface area contributed by atoms with E-state index in [-0.39, 0.29) is 17.3 Å². The van der Waals surface area contributed by atoms with Crippen LogP contribution in [0.1, 0.15) is 30.0 Å². The highest BCUT2D eigenvalue weighted by Crippen LogP contribution is 2.53. The van der Waals surface area contributed by atoms with Gasteiger partial charge in [0.15, 0.2) is 5.65 Å². The highest BCUT2D eigenvalue weighted by atomic mass is 35.5. The van der Waals surface area contributed by atoms with Crippen LogP contribution in [0.4, 0.5) is 11.8 Å². The Morgan fingerprint density at radius 3 is 2.76 bits per heavy atom. The van der Waals surface area contributed by atoms with Gasteiger partial charge in [-0.25, -0.2) is 14.4 Å². The van der Waals surface area contributed by atoms with Crippen molar-refractivity contribution in [2.45, 2.75) is 35.1 Å². The van der Waals surface area contributed by atoms with E-state index in [9.17, 15) is 5.11 Å². The van der Waals surface area contributed by atoms with E-state index < -0.39 is 0 Å². The third kappa shape index (κ3) is 3.28. The van der Waals surface area contributed by atoms with E-state index in [1.54, 1.807) is 24.8 Å². The predicted molar refractivity (Wildman–Crippen MR) is 131 cm³/mol. The molecule has 0 bridgehead atoms. The lowest BCUT2D eigenvalue weighted by Crippen LogP contribution is -2.45. The number of nitrogens with two attached hydrogens (primary N) is 2. The van der Waals surface area contributed by atoms with E-state index in [1.165, 1.54) is 11.8 Å². The smallest absolute Gasteiger partial charge is 0.212 e. The molecule has 4 heterocycles. The van der Waals surface area contributed by atoms with Gasteiger partial charge in [0.2, 0.25) is 5.95 Å². The number of aromatic nitrogens is 5. The number of pyridine rings is 1. The summed E-state index contributed by atoms with van der Waals surface area (Å²) in [6.07, 6.45) is 7.75. The summed E-state index contributed by atoms with van der Waals surface area (Å²) in [6, 6.07) is 7.41. The minimum Gasteiger partial charge on any atom is -0.508 e. The van der Waals surface area contributed by atoms with E-state index in [2.05, 4.69) is 20.1 Å². The lowest BCUT2D eigenvalue weighted by atomic mass is 9.73. The summed E-state index contributed by atoms with van der Waals surface area (Å²) in [5.74, 6) is 1.44. The van der Waals surface area contributed by atoms with Crippen LogP contribution in [0.2, 0.25) is 5.02 Å². The van der Waals surface area contributed by atoms with Crippen molar-refractivity contribution in [2.24, 2.45) is 11.1 Å². The first kappa shape index (κ1) is 21.5. The molecule has 9 nitrogen and oxygen atoms in total. The molecule has 0 saturated carbocycles. The minimum atomic E-state index is -0.0732. The summed E-state index contributed by atoms with van der Waals surface area (Å²) in [7, 11) is 0. The molecule has 1 aliphatic carbocycles. The molecule has 34 heavy (non-hydrogen) atoms. The number of anilines is 2. The predicted octanol–water partition coefficient (Wildman–Crippen LogP) is 3.45. The van der Waals surface area contributed by atoms with E-state index >= 15 is 0 Å². The zero-order valence-corrected chi connectivity index (χ0v) is 19.8. The Bertz CT molecular complexity index is 1400. The number of phenols is 1. The number of phenolic OH excluding ortho intramolecular Hbond substituents is 1. The lowest BCUT2D eigenvalue weighted by Gasteiger charge is -2.42. The van der Waals surface area contributed by atoms with Crippen LogP contribution < -0.4 is 16.4 Å². The normalized spacial score (nSPS) is 19.1. The highest BCUT2D eigenvalue weighted by Gasteiger charge is 2.47. The third-order valence-electron chi connectivity index (χ3n) is 7.13. The summed E-state index contributed by atoms with van der Waals surface area (Å²) < 4.78 is 1.91. The van der Waals surface area contributed by atoms with Gasteiger partial charge in [0.1, 0.15) is 17.9 Å². The molecule has 1 saturated heterocycles. The van der Waals surface area contributed by atoms with E-state index in [0.29, 0.717) is 16.4 Å². The Morgan fingerprint density at radius 2 is 1.97 bits per heavy atom. The Morgan fingerprint density at radius 1 is 1.15 bits per heavy atom. The van der Waals surface area contributed by atoms with Gasteiger partial charge >= 0.3 is 0 Å². The number of rotatable bonds is 3. The molecule has 3 aromatic heterocycles. The first-order valence-electron chi connectivity index (χ1n) is 11.0. The first-order chi connectivity index (χ1) is 16.5. The van der Waals surface area contributed by atoms with Gasteiger partial charge in [-0.05, 0) is 47.9 Å². The second-order valence-electron chi connectivity index (χ2n) is 8.91. The average molecular weight is 495 g/mol. The summed E-state index contributed by atoms with van der Waals surface area (Å²) in [4.78, 5) is 12.6. The number of hydrogen-bond acceptors (Lipinski definition) is 9. The summed E-state index contributed by atoms with van der Waals surface area (Å²) >= 11 is 7.76. The van der Waals surface area contributed by atoms with Crippen molar-refractivity contribution in [2.75, 3.05) is 23.7 Å². The van der Waals surface area contributed by atoms with Gasteiger partial charge in [0.05, 0.1) is 9.92 Å². The fraction of sp³-hybridized carbons (Fsp3) is 0.304. The Balaban J connectivity index is 1.25. The van der Waals surface area contributed by atoms with Crippen molar-refractivity contribution in [1.82, 2.24) is 24.6 Å². The monoisotopic (exact) mass is 494 g/mol. The molecule has 2 aliphatic rings. The molecule has 6 rings (SSSR count). The maximum Gasteiger partial charge on any atom is 0.212 e. The molecule has 174 valence electrons. The van der Waals surface area contributed by atoms with Gasteiger partial charge in [-0.15, -0.1) is 10.2 Å². The fourth-order valence-corrected chi connectivity index (χ4v) is 6.36. The number of halogens is 1. The molecule has 1 fully saturated rings. The molecule has 4 aromatic rings. The van der Waals surface area contributed by atoms with Gasteiger partial charge < -0.3 is 21.5 Å². The van der Waals surface area contributed by atoms with Crippen LogP contribution in [-0.4, -0.2) is 42.8 Å². The van der Waals surface area contributed by atoms with Crippen molar-refractivity contribution in [3.05, 3.63) is 59.1 Å². The summed E-state index contributed by atoms with van der Waals surface area (Å²) in [5, 5.41) is 19.2. The Hall–Kier alpha value is -3.08. The van der Waals surface area contributed by atoms with Crippen molar-refractivity contribution < 1.29 is 5.11 Å². The van der Waals surface area contributed by atoms with Crippen molar-refractivity contribution in [1.29, 1.82) is 0 Å². The number of nitrogens with zero attached hydrogens (tertiary/aromatic N) is 6. The topological polar surface area (TPSA) is 131 Å². The van der Waals surface area contributed by atoms with Crippen LogP contribution in [0.3, 0.4) is 0 Å². The molecule has 0 radical (unpaired) electrons. The van der Waals surface area contributed by atoms with Crippen molar-refractivity contribution >= 4 is 40.8 Å². The number of aromatic hydroxyl groups is 1. The highest BCUT2D eigenvalue weighted by molar-refractivity contribution is 7.99. The SMILES string of the molecule is Nc1nccc(Sc2cnc(N3CCC4(CC3)Cc3c(O)cccc3C4N)n3cnnc23)c1Cl. The number of fused-ring (bicyclic) bond motifs is 2. The second-order valence-corrected chi connectivity index (χ2v) is 10.4. The standard InChI is InChI=1S/C23H23ClN8OS/c24-18-16(4-7-27-20(18)26)34-17-11-28-22(32-12-29-30-21(17)32)31-8-5-23(6-9-31)10-14-13(19(23)25)2-1-3-15(14)33/h1-4,7,11-12,19,33H,5-6,8-10,25H2,(H2,26,27). The van der Waals surface area contributed by atoms with E-state index in [1.807, 2.05) is 22.6 Å². The van der Waals surface area contributed by atoms with Crippen LogP contribution >= 0.6 is 23.4 Å². The fourth-order valence-electron chi connectivity index (χ4n) is 5.24. The van der Waals surface area contributed by atoms with Gasteiger partial charge in [0, 0.05) is 36.4 Å². The molecule has 5 N–H and O–H groups in total. The number of hydrogen-bond donors (Lipinski definition) is 3. The quantitative estimate of drug-likeness (QED) is 0.391. The van der Waals surface area contributed by atoms with Crippen LogP contribution in [0.5, 0.6) is 5.75 Å². The third-order valence-corrected chi connectivity index (χ3v) is 8.71. The summed E-state index contributed by atoms with van der Waals surface area (Å²) in [5.41, 5.74) is 15.3. The van der Waals surface area contributed by atoms with Gasteiger partial charge in [0.25, 0.3) is 0 Å². The van der Waals surface area contributed by atoms with E-state index in [4.69, 9.17) is 28.1 Å². The Labute approximate surface area is 205 Å². The first-order valence-corrected chi connectivity index (χ1v) is 12.2. The maximum atomic E-state index is 10.3. The number of benzene rings is 1. The van der Waals surface area contributed by atoms with Crippen LogP contribution in [0.25, 0.3) is 5.65 Å². The Kier molecular flexibility index (Phi) is 5.05. The van der Waals surface area contributed by atoms with E-state index in [0.717, 1.165) is 59.2 Å². The minimum absolute atomic E-state index is 0.0439. The molecular weight excluding hydrogens is 472 g/mol. The number of piperidine rings is 1. The zero-order chi connectivity index (χ0) is 23.4. The van der Waals surface area contributed by atoms with Crippen molar-refractivity contribution in [3.63, 3.8) is 0 Å². The molecular formula is C23H23ClN8OS. The summed E-state index contributed by atoms with van der Waals surface area (Å²) in [6.45, 7) is 1.61. The van der Waals surface area contributed by atoms with Crippen LogP contribution in [0.15, 0.2) is 52.8 Å². The average Bonchev–Trinajstić information content (AvgIpc) is 3.43. The molecule has 1 aliphatic heterocycles. The largest absolute Gasteiger partial charge is 0.508 e.